The summed E-state index contributed by atoms with van der Waals surface area (Å²) in [6.45, 7) is 2.12. The predicted molar refractivity (Wildman–Crippen MR) is 79.7 cm³/mol. The smallest absolute Gasteiger partial charge is 0.214 e. The molecule has 19 heavy (non-hydrogen) atoms. The second-order valence-electron chi connectivity index (χ2n) is 3.92. The summed E-state index contributed by atoms with van der Waals surface area (Å²) >= 11 is 1.43. The molecule has 7 heteroatoms. The average Bonchev–Trinajstić information content (AvgIpc) is 2.38. The first-order valence-corrected chi connectivity index (χ1v) is 8.66. The zero-order valence-corrected chi connectivity index (χ0v) is 12.6. The minimum Gasteiger partial charge on any atom is -0.398 e. The van der Waals surface area contributed by atoms with Gasteiger partial charge in [0.2, 0.25) is 10.0 Å². The maximum Gasteiger partial charge on any atom is 0.214 e. The summed E-state index contributed by atoms with van der Waals surface area (Å²) < 4.78 is 25.3. The number of benzene rings is 1. The van der Waals surface area contributed by atoms with Crippen LogP contribution in [0.25, 0.3) is 0 Å². The van der Waals surface area contributed by atoms with Crippen LogP contribution in [0.1, 0.15) is 6.92 Å². The van der Waals surface area contributed by atoms with Gasteiger partial charge in [0.05, 0.1) is 12.4 Å². The van der Waals surface area contributed by atoms with Crippen LogP contribution in [0.15, 0.2) is 29.2 Å². The van der Waals surface area contributed by atoms with Crippen molar-refractivity contribution in [1.29, 1.82) is 0 Å². The minimum atomic E-state index is -3.31. The average molecular weight is 304 g/mol. The number of aliphatic hydroxyl groups is 1. The lowest BCUT2D eigenvalue weighted by Crippen LogP contribution is -2.35. The van der Waals surface area contributed by atoms with Gasteiger partial charge in [-0.15, -0.1) is 11.8 Å². The molecule has 0 fully saturated rings. The van der Waals surface area contributed by atoms with E-state index in [9.17, 15) is 8.42 Å². The Morgan fingerprint density at radius 1 is 1.37 bits per heavy atom. The summed E-state index contributed by atoms with van der Waals surface area (Å²) in [7, 11) is -3.31. The third kappa shape index (κ3) is 5.02. The van der Waals surface area contributed by atoms with E-state index in [0.29, 0.717) is 18.0 Å². The number of nitrogens with two attached hydrogens (primary N) is 1. The van der Waals surface area contributed by atoms with Crippen molar-refractivity contribution in [3.63, 3.8) is 0 Å². The van der Waals surface area contributed by atoms with E-state index in [1.54, 1.807) is 13.0 Å². The summed E-state index contributed by atoms with van der Waals surface area (Å²) in [4.78, 5) is 0.892. The number of hydrogen-bond donors (Lipinski definition) is 2. The Morgan fingerprint density at radius 3 is 2.63 bits per heavy atom. The molecule has 0 saturated carbocycles. The van der Waals surface area contributed by atoms with Crippen LogP contribution in [0, 0.1) is 0 Å². The number of anilines is 1. The van der Waals surface area contributed by atoms with E-state index in [1.165, 1.54) is 16.1 Å². The molecular weight excluding hydrogens is 284 g/mol. The van der Waals surface area contributed by atoms with Gasteiger partial charge in [-0.1, -0.05) is 19.1 Å². The fourth-order valence-electron chi connectivity index (χ4n) is 1.60. The molecule has 1 aromatic carbocycles. The van der Waals surface area contributed by atoms with Gasteiger partial charge in [0.25, 0.3) is 0 Å². The molecule has 0 radical (unpaired) electrons. The molecule has 1 aromatic rings. The number of hydrogen-bond acceptors (Lipinski definition) is 5. The number of nitrogen functional groups attached to an aromatic ring is 1. The van der Waals surface area contributed by atoms with Crippen LogP contribution in [0.3, 0.4) is 0 Å². The Labute approximate surface area is 118 Å². The highest BCUT2D eigenvalue weighted by atomic mass is 32.2. The lowest BCUT2D eigenvalue weighted by atomic mass is 10.3. The molecule has 0 aliphatic heterocycles. The van der Waals surface area contributed by atoms with Gasteiger partial charge in [0.1, 0.15) is 0 Å². The molecule has 0 heterocycles. The highest BCUT2D eigenvalue weighted by Crippen LogP contribution is 2.24. The third-order valence-electron chi connectivity index (χ3n) is 2.61. The molecule has 0 saturated heterocycles. The number of rotatable bonds is 8. The molecule has 0 bridgehead atoms. The van der Waals surface area contributed by atoms with Crippen LogP contribution in [-0.4, -0.2) is 49.0 Å². The summed E-state index contributed by atoms with van der Waals surface area (Å²) in [6, 6.07) is 7.38. The van der Waals surface area contributed by atoms with E-state index >= 15 is 0 Å². The second-order valence-corrected chi connectivity index (χ2v) is 7.14. The Morgan fingerprint density at radius 2 is 2.05 bits per heavy atom. The van der Waals surface area contributed by atoms with Gasteiger partial charge in [-0.25, -0.2) is 8.42 Å². The summed E-state index contributed by atoms with van der Waals surface area (Å²) in [5.41, 5.74) is 6.45. The van der Waals surface area contributed by atoms with Gasteiger partial charge >= 0.3 is 0 Å². The topological polar surface area (TPSA) is 83.6 Å². The normalized spacial score (nSPS) is 11.9. The standard InChI is InChI=1S/C12H20N2O3S2/c1-2-14(7-8-15)19(16,17)10-9-18-12-6-4-3-5-11(12)13/h3-6,15H,2,7-10,13H2,1H3. The van der Waals surface area contributed by atoms with E-state index in [-0.39, 0.29) is 18.9 Å². The quantitative estimate of drug-likeness (QED) is 0.553. The van der Waals surface area contributed by atoms with Crippen molar-refractivity contribution < 1.29 is 13.5 Å². The van der Waals surface area contributed by atoms with Crippen molar-refractivity contribution in [1.82, 2.24) is 4.31 Å². The first-order valence-electron chi connectivity index (χ1n) is 6.07. The van der Waals surface area contributed by atoms with Crippen molar-refractivity contribution in [3.05, 3.63) is 24.3 Å². The molecule has 0 spiro atoms. The van der Waals surface area contributed by atoms with Gasteiger partial charge in [-0.2, -0.15) is 4.31 Å². The number of aliphatic hydroxyl groups excluding tert-OH is 1. The number of likely N-dealkylation sites (N-methyl/N-ethyl adjacent to an activating group) is 1. The van der Waals surface area contributed by atoms with E-state index in [4.69, 9.17) is 10.8 Å². The van der Waals surface area contributed by atoms with Crippen molar-refractivity contribution in [3.8, 4) is 0 Å². The largest absolute Gasteiger partial charge is 0.398 e. The molecule has 1 rings (SSSR count). The molecule has 0 amide bonds. The highest BCUT2D eigenvalue weighted by Gasteiger charge is 2.19. The predicted octanol–water partition coefficient (Wildman–Crippen LogP) is 1.00. The van der Waals surface area contributed by atoms with Gasteiger partial charge in [0.15, 0.2) is 0 Å². The van der Waals surface area contributed by atoms with Crippen LogP contribution in [0.5, 0.6) is 0 Å². The van der Waals surface area contributed by atoms with E-state index < -0.39 is 10.0 Å². The lowest BCUT2D eigenvalue weighted by molar-refractivity contribution is 0.257. The van der Waals surface area contributed by atoms with Gasteiger partial charge in [-0.3, -0.25) is 0 Å². The maximum atomic E-state index is 12.0. The first kappa shape index (κ1) is 16.3. The number of nitrogens with zero attached hydrogens (tertiary/aromatic N) is 1. The summed E-state index contributed by atoms with van der Waals surface area (Å²) in [5, 5.41) is 8.84. The minimum absolute atomic E-state index is 0.0415. The number of para-hydroxylation sites is 1. The van der Waals surface area contributed by atoms with Gasteiger partial charge in [0, 0.05) is 29.4 Å². The van der Waals surface area contributed by atoms with Crippen LogP contribution in [0.2, 0.25) is 0 Å². The molecule has 3 N–H and O–H groups in total. The zero-order valence-electron chi connectivity index (χ0n) is 10.9. The molecule has 0 atom stereocenters. The molecule has 0 aliphatic carbocycles. The van der Waals surface area contributed by atoms with Crippen molar-refractivity contribution in [2.75, 3.05) is 36.9 Å². The van der Waals surface area contributed by atoms with Gasteiger partial charge < -0.3 is 10.8 Å². The Bertz CT molecular complexity index is 492. The van der Waals surface area contributed by atoms with Crippen molar-refractivity contribution in [2.24, 2.45) is 0 Å². The lowest BCUT2D eigenvalue weighted by Gasteiger charge is -2.19. The van der Waals surface area contributed by atoms with Gasteiger partial charge in [-0.05, 0) is 12.1 Å². The molecule has 5 nitrogen and oxygen atoms in total. The van der Waals surface area contributed by atoms with Crippen LogP contribution in [0.4, 0.5) is 5.69 Å². The number of thioether (sulfide) groups is 1. The first-order chi connectivity index (χ1) is 9.01. The fraction of sp³-hybridized carbons (Fsp3) is 0.500. The van der Waals surface area contributed by atoms with E-state index in [0.717, 1.165) is 4.90 Å². The molecule has 0 aliphatic rings. The van der Waals surface area contributed by atoms with Crippen LogP contribution < -0.4 is 5.73 Å². The third-order valence-corrected chi connectivity index (χ3v) is 5.91. The molecule has 0 aromatic heterocycles. The van der Waals surface area contributed by atoms with Crippen molar-refractivity contribution >= 4 is 27.5 Å². The van der Waals surface area contributed by atoms with E-state index in [1.807, 2.05) is 18.2 Å². The Kier molecular flexibility index (Phi) is 6.64. The second kappa shape index (κ2) is 7.74. The SMILES string of the molecule is CCN(CCO)S(=O)(=O)CCSc1ccccc1N. The fourth-order valence-corrected chi connectivity index (χ4v) is 4.42. The Hall–Kier alpha value is -0.760. The Balaban J connectivity index is 2.54. The maximum absolute atomic E-state index is 12.0. The zero-order chi connectivity index (χ0) is 14.3. The highest BCUT2D eigenvalue weighted by molar-refractivity contribution is 8.00. The summed E-state index contributed by atoms with van der Waals surface area (Å²) in [6.07, 6.45) is 0. The van der Waals surface area contributed by atoms with Crippen LogP contribution >= 0.6 is 11.8 Å². The number of sulfonamides is 1. The monoisotopic (exact) mass is 304 g/mol. The molecular formula is C12H20N2O3S2. The van der Waals surface area contributed by atoms with E-state index in [2.05, 4.69) is 0 Å². The van der Waals surface area contributed by atoms with Crippen LogP contribution in [-0.2, 0) is 10.0 Å². The molecule has 0 unspecified atom stereocenters. The molecule has 108 valence electrons. The van der Waals surface area contributed by atoms with Crippen molar-refractivity contribution in [2.45, 2.75) is 11.8 Å². The summed E-state index contributed by atoms with van der Waals surface area (Å²) in [5.74, 6) is 0.484.